The molecule has 0 spiro atoms. The Hall–Kier alpha value is -2.61. The molecule has 0 saturated heterocycles. The van der Waals surface area contributed by atoms with Crippen molar-refractivity contribution in [1.82, 2.24) is 30.9 Å². The number of tetrazole rings is 1. The summed E-state index contributed by atoms with van der Waals surface area (Å²) in [5.41, 5.74) is 2.57. The molecule has 0 bridgehead atoms. The van der Waals surface area contributed by atoms with Crippen molar-refractivity contribution in [2.24, 2.45) is 0 Å². The quantitative estimate of drug-likeness (QED) is 0.715. The van der Waals surface area contributed by atoms with Gasteiger partial charge in [0.15, 0.2) is 0 Å². The van der Waals surface area contributed by atoms with Crippen LogP contribution in [-0.4, -0.2) is 38.1 Å². The second-order valence-corrected chi connectivity index (χ2v) is 6.57. The molecule has 0 aliphatic heterocycles. The molecule has 0 aliphatic carbocycles. The molecule has 1 aromatic carbocycles. The van der Waals surface area contributed by atoms with Gasteiger partial charge in [0, 0.05) is 29.0 Å². The van der Waals surface area contributed by atoms with Crippen molar-refractivity contribution in [3.63, 3.8) is 0 Å². The van der Waals surface area contributed by atoms with E-state index in [0.29, 0.717) is 17.9 Å². The van der Waals surface area contributed by atoms with E-state index in [0.717, 1.165) is 29.1 Å². The number of hydrogen-bond acceptors (Lipinski definition) is 6. The fourth-order valence-electron chi connectivity index (χ4n) is 2.36. The number of H-pyrrole nitrogens is 1. The van der Waals surface area contributed by atoms with Crippen molar-refractivity contribution < 1.29 is 4.79 Å². The predicted octanol–water partition coefficient (Wildman–Crippen LogP) is 2.17. The Morgan fingerprint density at radius 1 is 1.29 bits per heavy atom. The lowest BCUT2D eigenvalue weighted by molar-refractivity contribution is 0.0954. The van der Waals surface area contributed by atoms with E-state index in [1.807, 2.05) is 0 Å². The van der Waals surface area contributed by atoms with Crippen LogP contribution in [0.1, 0.15) is 32.9 Å². The van der Waals surface area contributed by atoms with Crippen LogP contribution in [0.25, 0.3) is 11.4 Å². The maximum absolute atomic E-state index is 12.2. The van der Waals surface area contributed by atoms with Gasteiger partial charge in [-0.2, -0.15) is 5.21 Å². The minimum absolute atomic E-state index is 0.0985. The minimum Gasteiger partial charge on any atom is -0.352 e. The Kier molecular flexibility index (Phi) is 4.95. The van der Waals surface area contributed by atoms with Crippen molar-refractivity contribution in [2.75, 3.05) is 6.54 Å². The summed E-state index contributed by atoms with van der Waals surface area (Å²) < 4.78 is 0. The van der Waals surface area contributed by atoms with Gasteiger partial charge in [0.25, 0.3) is 5.91 Å². The van der Waals surface area contributed by atoms with E-state index in [2.05, 4.69) is 44.8 Å². The molecule has 0 aliphatic rings. The maximum atomic E-state index is 12.2. The number of benzene rings is 1. The Morgan fingerprint density at radius 3 is 2.71 bits per heavy atom. The molecule has 1 amide bonds. The van der Waals surface area contributed by atoms with Crippen LogP contribution in [0.2, 0.25) is 0 Å². The number of hydrogen-bond donors (Lipinski definition) is 2. The van der Waals surface area contributed by atoms with E-state index >= 15 is 0 Å². The summed E-state index contributed by atoms with van der Waals surface area (Å²) in [7, 11) is 0. The van der Waals surface area contributed by atoms with Crippen LogP contribution in [-0.2, 0) is 12.8 Å². The average molecular weight is 342 g/mol. The van der Waals surface area contributed by atoms with Crippen LogP contribution in [0, 0.1) is 6.92 Å². The molecule has 2 N–H and O–H groups in total. The van der Waals surface area contributed by atoms with Crippen LogP contribution >= 0.6 is 11.3 Å². The van der Waals surface area contributed by atoms with Crippen molar-refractivity contribution in [1.29, 1.82) is 0 Å². The summed E-state index contributed by atoms with van der Waals surface area (Å²) >= 11 is 1.70. The van der Waals surface area contributed by atoms with Crippen molar-refractivity contribution in [3.05, 3.63) is 45.4 Å². The molecule has 3 rings (SSSR count). The normalized spacial score (nSPS) is 10.8. The number of rotatable bonds is 6. The van der Waals surface area contributed by atoms with Gasteiger partial charge in [-0.25, -0.2) is 4.98 Å². The lowest BCUT2D eigenvalue weighted by atomic mass is 10.1. The Bertz CT molecular complexity index is 810. The Balaban J connectivity index is 1.55. The smallest absolute Gasteiger partial charge is 0.251 e. The molecule has 0 radical (unpaired) electrons. The molecule has 0 atom stereocenters. The van der Waals surface area contributed by atoms with E-state index < -0.39 is 0 Å². The zero-order valence-corrected chi connectivity index (χ0v) is 14.4. The monoisotopic (exact) mass is 342 g/mol. The molecular weight excluding hydrogens is 324 g/mol. The molecule has 2 heterocycles. The van der Waals surface area contributed by atoms with Crippen molar-refractivity contribution >= 4 is 17.2 Å². The van der Waals surface area contributed by atoms with Gasteiger partial charge in [-0.3, -0.25) is 4.79 Å². The molecule has 24 heavy (non-hydrogen) atoms. The van der Waals surface area contributed by atoms with Crippen LogP contribution in [0.4, 0.5) is 0 Å². The highest BCUT2D eigenvalue weighted by Crippen LogP contribution is 2.18. The lowest BCUT2D eigenvalue weighted by Gasteiger charge is -2.04. The summed E-state index contributed by atoms with van der Waals surface area (Å²) in [6.45, 7) is 4.76. The zero-order valence-electron chi connectivity index (χ0n) is 13.5. The number of nitrogens with one attached hydrogen (secondary N) is 2. The van der Waals surface area contributed by atoms with Crippen molar-refractivity contribution in [2.45, 2.75) is 26.7 Å². The van der Waals surface area contributed by atoms with E-state index in [9.17, 15) is 4.79 Å². The standard InChI is InChI=1S/C16H18N6OS/c1-3-13-10(2)24-14(18-13)8-9-17-16(23)12-6-4-11(5-7-12)15-19-21-22-20-15/h4-7H,3,8-9H2,1-2H3,(H,17,23)(H,19,20,21,22). The van der Waals surface area contributed by atoms with Gasteiger partial charge >= 0.3 is 0 Å². The van der Waals surface area contributed by atoms with Crippen LogP contribution in [0.3, 0.4) is 0 Å². The first kappa shape index (κ1) is 16.3. The lowest BCUT2D eigenvalue weighted by Crippen LogP contribution is -2.25. The zero-order chi connectivity index (χ0) is 16.9. The second-order valence-electron chi connectivity index (χ2n) is 5.28. The number of aryl methyl sites for hydroxylation is 2. The van der Waals surface area contributed by atoms with Crippen molar-refractivity contribution in [3.8, 4) is 11.4 Å². The number of aromatic nitrogens is 5. The second kappa shape index (κ2) is 7.31. The largest absolute Gasteiger partial charge is 0.352 e. The van der Waals surface area contributed by atoms with Gasteiger partial charge < -0.3 is 5.32 Å². The third-order valence-corrected chi connectivity index (χ3v) is 4.72. The van der Waals surface area contributed by atoms with E-state index in [1.165, 1.54) is 4.88 Å². The van der Waals surface area contributed by atoms with Gasteiger partial charge in [0.2, 0.25) is 5.82 Å². The topological polar surface area (TPSA) is 96.5 Å². The van der Waals surface area contributed by atoms with E-state index in [-0.39, 0.29) is 5.91 Å². The SMILES string of the molecule is CCc1nc(CCNC(=O)c2ccc(-c3nn[nH]n3)cc2)sc1C. The summed E-state index contributed by atoms with van der Waals surface area (Å²) in [6.07, 6.45) is 1.69. The Morgan fingerprint density at radius 2 is 2.08 bits per heavy atom. The summed E-state index contributed by atoms with van der Waals surface area (Å²) in [4.78, 5) is 18.0. The van der Waals surface area contributed by atoms with E-state index in [1.54, 1.807) is 35.6 Å². The first-order chi connectivity index (χ1) is 11.7. The Labute approximate surface area is 143 Å². The number of carbonyl (C=O) groups excluding carboxylic acids is 1. The van der Waals surface area contributed by atoms with Gasteiger partial charge in [-0.1, -0.05) is 19.1 Å². The third-order valence-electron chi connectivity index (χ3n) is 3.65. The highest BCUT2D eigenvalue weighted by molar-refractivity contribution is 7.11. The summed E-state index contributed by atoms with van der Waals surface area (Å²) in [5.74, 6) is 0.409. The molecule has 7 nitrogen and oxygen atoms in total. The molecular formula is C16H18N6OS. The van der Waals surface area contributed by atoms with Crippen LogP contribution < -0.4 is 5.32 Å². The molecule has 0 unspecified atom stereocenters. The van der Waals surface area contributed by atoms with E-state index in [4.69, 9.17) is 0 Å². The van der Waals surface area contributed by atoms with Crippen LogP contribution in [0.5, 0.6) is 0 Å². The number of thiazole rings is 1. The number of amides is 1. The van der Waals surface area contributed by atoms with Gasteiger partial charge in [-0.15, -0.1) is 21.5 Å². The fraction of sp³-hybridized carbons (Fsp3) is 0.312. The van der Waals surface area contributed by atoms with Gasteiger partial charge in [0.1, 0.15) is 0 Å². The molecule has 0 fully saturated rings. The highest BCUT2D eigenvalue weighted by Gasteiger charge is 2.09. The molecule has 2 aromatic heterocycles. The third kappa shape index (κ3) is 3.65. The van der Waals surface area contributed by atoms with Gasteiger partial charge in [-0.05, 0) is 30.7 Å². The maximum Gasteiger partial charge on any atom is 0.251 e. The number of carbonyl (C=O) groups is 1. The average Bonchev–Trinajstić information content (AvgIpc) is 3.24. The highest BCUT2D eigenvalue weighted by atomic mass is 32.1. The first-order valence-electron chi connectivity index (χ1n) is 7.74. The molecule has 124 valence electrons. The number of aromatic amines is 1. The molecule has 3 aromatic rings. The molecule has 0 saturated carbocycles. The minimum atomic E-state index is -0.0985. The van der Waals surface area contributed by atoms with Crippen LogP contribution in [0.15, 0.2) is 24.3 Å². The summed E-state index contributed by atoms with van der Waals surface area (Å²) in [5, 5.41) is 17.7. The fourth-order valence-corrected chi connectivity index (χ4v) is 3.38. The molecule has 8 heteroatoms. The number of nitrogens with zero attached hydrogens (tertiary/aromatic N) is 4. The first-order valence-corrected chi connectivity index (χ1v) is 8.56. The summed E-state index contributed by atoms with van der Waals surface area (Å²) in [6, 6.07) is 7.11. The predicted molar refractivity (Wildman–Crippen MR) is 91.9 cm³/mol. The van der Waals surface area contributed by atoms with Gasteiger partial charge in [0.05, 0.1) is 10.7 Å².